The standard InChI is InChI=1S/C35H31ClF5N9O4/c1-3-25-28(47-10-12-48(13-11-47)31(53)27-29(52)18(2)42-17-43-27)32(54)50-33(45-30(46-50)20-5-4-19-8-9-34(37,38)22(19)14-20)49(25)16-26(51)44-24-7-6-21(15-23(24)36)35(39,40)41/h4-7,14-15,17,52H,3,8-13,16H2,1-2H3,(H,44,51). The number of aryl methyl sites for hydroxylation is 2. The average Bonchev–Trinajstić information content (AvgIpc) is 3.72. The molecule has 0 radical (unpaired) electrons. The second-order valence-electron chi connectivity index (χ2n) is 12.9. The number of carbonyl (C=O) groups is 2. The molecular formula is C35H31ClF5N9O4. The molecule has 0 bridgehead atoms. The molecule has 54 heavy (non-hydrogen) atoms. The first-order chi connectivity index (χ1) is 25.6. The summed E-state index contributed by atoms with van der Waals surface area (Å²) < 4.78 is 71.5. The van der Waals surface area contributed by atoms with Crippen LogP contribution < -0.4 is 15.8 Å². The number of anilines is 2. The zero-order chi connectivity index (χ0) is 38.7. The summed E-state index contributed by atoms with van der Waals surface area (Å²) in [6.45, 7) is 3.34. The molecule has 0 unspecified atom stereocenters. The topological polar surface area (TPSA) is 151 Å². The molecule has 7 rings (SSSR count). The number of carbonyl (C=O) groups excluding carboxylic acids is 2. The number of nitrogens with one attached hydrogen (secondary N) is 1. The van der Waals surface area contributed by atoms with Gasteiger partial charge in [0.15, 0.2) is 17.3 Å². The Morgan fingerprint density at radius 3 is 2.48 bits per heavy atom. The van der Waals surface area contributed by atoms with Crippen molar-refractivity contribution in [1.29, 1.82) is 0 Å². The number of aromatic hydroxyl groups is 1. The van der Waals surface area contributed by atoms with Crippen LogP contribution in [0.2, 0.25) is 5.02 Å². The van der Waals surface area contributed by atoms with Crippen LogP contribution >= 0.6 is 11.6 Å². The quantitative estimate of drug-likeness (QED) is 0.212. The zero-order valence-corrected chi connectivity index (χ0v) is 29.5. The van der Waals surface area contributed by atoms with Crippen molar-refractivity contribution < 1.29 is 36.6 Å². The second kappa shape index (κ2) is 13.6. The normalized spacial score (nSPS) is 15.5. The Morgan fingerprint density at radius 1 is 1.06 bits per heavy atom. The monoisotopic (exact) mass is 771 g/mol. The molecular weight excluding hydrogens is 741 g/mol. The van der Waals surface area contributed by atoms with E-state index in [0.717, 1.165) is 16.6 Å². The van der Waals surface area contributed by atoms with Crippen LogP contribution in [0.3, 0.4) is 0 Å². The summed E-state index contributed by atoms with van der Waals surface area (Å²) in [4.78, 5) is 56.7. The molecule has 0 saturated carbocycles. The number of amides is 2. The number of nitrogens with zero attached hydrogens (tertiary/aromatic N) is 8. The van der Waals surface area contributed by atoms with Crippen LogP contribution in [0.15, 0.2) is 47.5 Å². The van der Waals surface area contributed by atoms with Crippen molar-refractivity contribution in [2.24, 2.45) is 0 Å². The van der Waals surface area contributed by atoms with Crippen LogP contribution in [0.4, 0.5) is 33.3 Å². The van der Waals surface area contributed by atoms with Crippen molar-refractivity contribution in [2.75, 3.05) is 36.4 Å². The first kappa shape index (κ1) is 36.7. The van der Waals surface area contributed by atoms with E-state index in [4.69, 9.17) is 11.6 Å². The highest BCUT2D eigenvalue weighted by Crippen LogP contribution is 2.43. The van der Waals surface area contributed by atoms with Gasteiger partial charge in [0.1, 0.15) is 18.6 Å². The molecule has 1 saturated heterocycles. The number of piperazine rings is 1. The van der Waals surface area contributed by atoms with Crippen molar-refractivity contribution in [3.8, 4) is 17.1 Å². The van der Waals surface area contributed by atoms with Crippen LogP contribution in [0.1, 0.15) is 51.9 Å². The number of hydrogen-bond acceptors (Lipinski definition) is 9. The van der Waals surface area contributed by atoms with Gasteiger partial charge >= 0.3 is 6.18 Å². The Morgan fingerprint density at radius 2 is 1.80 bits per heavy atom. The smallest absolute Gasteiger partial charge is 0.416 e. The molecule has 1 aliphatic heterocycles. The molecule has 5 aromatic rings. The van der Waals surface area contributed by atoms with Crippen molar-refractivity contribution in [1.82, 2.24) is 34.0 Å². The number of fused-ring (bicyclic) bond motifs is 2. The SMILES string of the molecule is CCc1c(N2CCN(C(=O)c3ncnc(C)c3O)CC2)c(=O)n2nc(-c3ccc4c(c3)C(F)(F)CC4)nc2n1CC(=O)Nc1ccc(C(F)(F)F)cc1Cl. The van der Waals surface area contributed by atoms with Gasteiger partial charge in [-0.1, -0.05) is 30.7 Å². The first-order valence-corrected chi connectivity index (χ1v) is 17.2. The van der Waals surface area contributed by atoms with Gasteiger partial charge in [0.05, 0.1) is 27.7 Å². The minimum absolute atomic E-state index is 0.0490. The minimum Gasteiger partial charge on any atom is -0.504 e. The molecule has 282 valence electrons. The van der Waals surface area contributed by atoms with Gasteiger partial charge in [0, 0.05) is 43.7 Å². The molecule has 13 nitrogen and oxygen atoms in total. The van der Waals surface area contributed by atoms with Gasteiger partial charge in [0.25, 0.3) is 17.4 Å². The highest BCUT2D eigenvalue weighted by Gasteiger charge is 2.39. The maximum atomic E-state index is 14.7. The summed E-state index contributed by atoms with van der Waals surface area (Å²) in [6.07, 6.45) is -3.43. The van der Waals surface area contributed by atoms with Gasteiger partial charge in [0.2, 0.25) is 11.7 Å². The lowest BCUT2D eigenvalue weighted by molar-refractivity contribution is -0.137. The molecule has 0 spiro atoms. The van der Waals surface area contributed by atoms with E-state index in [1.807, 2.05) is 0 Å². The highest BCUT2D eigenvalue weighted by molar-refractivity contribution is 6.33. The Kier molecular flexibility index (Phi) is 9.27. The van der Waals surface area contributed by atoms with Gasteiger partial charge in [-0.2, -0.15) is 22.7 Å². The third kappa shape index (κ3) is 6.58. The van der Waals surface area contributed by atoms with Crippen LogP contribution in [-0.4, -0.2) is 77.1 Å². The van der Waals surface area contributed by atoms with Crippen LogP contribution in [0.5, 0.6) is 5.75 Å². The molecule has 2 N–H and O–H groups in total. The first-order valence-electron chi connectivity index (χ1n) is 16.8. The van der Waals surface area contributed by atoms with E-state index in [1.165, 1.54) is 28.8 Å². The summed E-state index contributed by atoms with van der Waals surface area (Å²) >= 11 is 6.11. The van der Waals surface area contributed by atoms with Gasteiger partial charge in [-0.25, -0.2) is 18.7 Å². The van der Waals surface area contributed by atoms with Crippen molar-refractivity contribution in [2.45, 2.75) is 51.8 Å². The number of benzene rings is 2. The van der Waals surface area contributed by atoms with Crippen LogP contribution in [0, 0.1) is 6.92 Å². The number of hydrogen-bond donors (Lipinski definition) is 2. The molecule has 2 aliphatic rings. The largest absolute Gasteiger partial charge is 0.504 e. The summed E-state index contributed by atoms with van der Waals surface area (Å²) in [7, 11) is 0. The fraction of sp³-hybridized carbons (Fsp3) is 0.343. The van der Waals surface area contributed by atoms with Gasteiger partial charge in [-0.3, -0.25) is 14.4 Å². The zero-order valence-electron chi connectivity index (χ0n) is 28.7. The molecule has 2 amide bonds. The minimum atomic E-state index is -4.66. The van der Waals surface area contributed by atoms with Crippen molar-refractivity contribution in [3.05, 3.63) is 91.9 Å². The van der Waals surface area contributed by atoms with Gasteiger partial charge in [-0.05, 0) is 49.6 Å². The summed E-state index contributed by atoms with van der Waals surface area (Å²) in [5, 5.41) is 17.0. The maximum Gasteiger partial charge on any atom is 0.416 e. The number of aromatic nitrogens is 6. The summed E-state index contributed by atoms with van der Waals surface area (Å²) in [5.74, 6) is -4.77. The maximum absolute atomic E-state index is 14.7. The molecule has 19 heteroatoms. The average molecular weight is 772 g/mol. The van der Waals surface area contributed by atoms with Crippen LogP contribution in [0.25, 0.3) is 17.2 Å². The molecule has 0 atom stereocenters. The second-order valence-corrected chi connectivity index (χ2v) is 13.3. The van der Waals surface area contributed by atoms with E-state index in [2.05, 4.69) is 25.4 Å². The predicted octanol–water partition coefficient (Wildman–Crippen LogP) is 5.24. The number of rotatable bonds is 7. The molecule has 4 heterocycles. The van der Waals surface area contributed by atoms with Crippen molar-refractivity contribution >= 4 is 40.6 Å². The third-order valence-corrected chi connectivity index (χ3v) is 9.91. The predicted molar refractivity (Wildman–Crippen MR) is 186 cm³/mol. The Bertz CT molecular complexity index is 2390. The number of alkyl halides is 5. The Balaban J connectivity index is 1.27. The van der Waals surface area contributed by atoms with Gasteiger partial charge < -0.3 is 24.8 Å². The third-order valence-electron chi connectivity index (χ3n) is 9.59. The van der Waals surface area contributed by atoms with E-state index in [-0.39, 0.29) is 102 Å². The van der Waals surface area contributed by atoms with Gasteiger partial charge in [-0.15, -0.1) is 5.10 Å². The summed E-state index contributed by atoms with van der Waals surface area (Å²) in [5.41, 5.74) is -0.572. The van der Waals surface area contributed by atoms with Crippen LogP contribution in [-0.2, 0) is 36.3 Å². The lowest BCUT2D eigenvalue weighted by Gasteiger charge is -2.36. The van der Waals surface area contributed by atoms with E-state index in [1.54, 1.807) is 24.0 Å². The molecule has 1 fully saturated rings. The number of halogens is 6. The van der Waals surface area contributed by atoms with E-state index in [9.17, 15) is 41.4 Å². The summed E-state index contributed by atoms with van der Waals surface area (Å²) in [6, 6.07) is 6.93. The fourth-order valence-electron chi connectivity index (χ4n) is 6.78. The molecule has 1 aliphatic carbocycles. The molecule has 3 aromatic heterocycles. The molecule has 2 aromatic carbocycles. The Hall–Kier alpha value is -5.65. The van der Waals surface area contributed by atoms with E-state index >= 15 is 0 Å². The van der Waals surface area contributed by atoms with E-state index < -0.39 is 41.6 Å². The highest BCUT2D eigenvalue weighted by atomic mass is 35.5. The Labute approximate surface area is 308 Å². The van der Waals surface area contributed by atoms with E-state index in [0.29, 0.717) is 17.3 Å². The fourth-order valence-corrected chi connectivity index (χ4v) is 7.01. The van der Waals surface area contributed by atoms with Crippen molar-refractivity contribution in [3.63, 3.8) is 0 Å². The lowest BCUT2D eigenvalue weighted by atomic mass is 10.0. The lowest BCUT2D eigenvalue weighted by Crippen LogP contribution is -2.51.